The van der Waals surface area contributed by atoms with Gasteiger partial charge in [0.15, 0.2) is 0 Å². The molecule has 6 nitrogen and oxygen atoms in total. The number of amides is 1. The largest absolute Gasteiger partial charge is 0.366 e. The van der Waals surface area contributed by atoms with E-state index in [-0.39, 0.29) is 22.4 Å². The van der Waals surface area contributed by atoms with E-state index >= 15 is 0 Å². The predicted octanol–water partition coefficient (Wildman–Crippen LogP) is 2.03. The summed E-state index contributed by atoms with van der Waals surface area (Å²) in [4.78, 5) is 36.3. The van der Waals surface area contributed by atoms with Gasteiger partial charge >= 0.3 is 0 Å². The summed E-state index contributed by atoms with van der Waals surface area (Å²) in [7, 11) is 0. The van der Waals surface area contributed by atoms with Gasteiger partial charge in [0.05, 0.1) is 0 Å². The number of nitrogens with zero attached hydrogens (tertiary/aromatic N) is 1. The summed E-state index contributed by atoms with van der Waals surface area (Å²) in [5.74, 6) is -0.475. The molecule has 0 atom stereocenters. The number of carbonyl (C=O) groups is 1. The Morgan fingerprint density at radius 1 is 1.28 bits per heavy atom. The molecule has 2 N–H and O–H groups in total. The monoisotopic (exact) mass is 243 g/mol. The molecule has 1 aromatic carbocycles. The van der Waals surface area contributed by atoms with E-state index in [0.29, 0.717) is 0 Å². The molecule has 0 aliphatic heterocycles. The molecule has 6 heteroatoms. The van der Waals surface area contributed by atoms with Crippen molar-refractivity contribution in [2.75, 3.05) is 5.32 Å². The number of carbonyl (C=O) groups excluding carboxylic acids is 1. The SMILES string of the molecule is O=Nc1cccc(C(=O)Nc2c[nH]ccc2=O)c1. The molecule has 2 aromatic rings. The zero-order valence-electron chi connectivity index (χ0n) is 9.21. The lowest BCUT2D eigenvalue weighted by molar-refractivity contribution is 0.102. The van der Waals surface area contributed by atoms with E-state index in [9.17, 15) is 14.5 Å². The lowest BCUT2D eigenvalue weighted by Crippen LogP contribution is -2.17. The van der Waals surface area contributed by atoms with Crippen LogP contribution in [0.2, 0.25) is 0 Å². The number of pyridine rings is 1. The second-order valence-electron chi connectivity index (χ2n) is 3.52. The fraction of sp³-hybridized carbons (Fsp3) is 0. The highest BCUT2D eigenvalue weighted by atomic mass is 16.3. The van der Waals surface area contributed by atoms with E-state index in [0.717, 1.165) is 0 Å². The van der Waals surface area contributed by atoms with Crippen molar-refractivity contribution in [3.63, 3.8) is 0 Å². The van der Waals surface area contributed by atoms with E-state index < -0.39 is 5.91 Å². The lowest BCUT2D eigenvalue weighted by atomic mass is 10.2. The summed E-state index contributed by atoms with van der Waals surface area (Å²) in [6, 6.07) is 7.21. The highest BCUT2D eigenvalue weighted by Crippen LogP contribution is 2.14. The topological polar surface area (TPSA) is 91.4 Å². The number of hydrogen-bond acceptors (Lipinski definition) is 4. The minimum Gasteiger partial charge on any atom is -0.366 e. The average molecular weight is 243 g/mol. The van der Waals surface area contributed by atoms with Gasteiger partial charge in [-0.1, -0.05) is 6.07 Å². The van der Waals surface area contributed by atoms with Gasteiger partial charge in [-0.05, 0) is 23.4 Å². The van der Waals surface area contributed by atoms with Crippen molar-refractivity contribution in [3.8, 4) is 0 Å². The molecule has 1 amide bonds. The Hall–Kier alpha value is -2.76. The van der Waals surface area contributed by atoms with Crippen LogP contribution in [0.15, 0.2) is 52.7 Å². The maximum absolute atomic E-state index is 11.8. The van der Waals surface area contributed by atoms with Crippen LogP contribution in [-0.2, 0) is 0 Å². The summed E-state index contributed by atoms with van der Waals surface area (Å²) < 4.78 is 0. The third kappa shape index (κ3) is 2.49. The highest BCUT2D eigenvalue weighted by molar-refractivity contribution is 6.04. The first-order valence-corrected chi connectivity index (χ1v) is 5.12. The summed E-state index contributed by atoms with van der Waals surface area (Å²) >= 11 is 0. The van der Waals surface area contributed by atoms with Gasteiger partial charge < -0.3 is 10.3 Å². The summed E-state index contributed by atoms with van der Waals surface area (Å²) in [5, 5.41) is 5.19. The maximum Gasteiger partial charge on any atom is 0.255 e. The Labute approximate surface area is 102 Å². The molecule has 0 bridgehead atoms. The molecule has 0 fully saturated rings. The average Bonchev–Trinajstić information content (AvgIpc) is 2.41. The quantitative estimate of drug-likeness (QED) is 0.808. The Morgan fingerprint density at radius 3 is 2.83 bits per heavy atom. The molecule has 18 heavy (non-hydrogen) atoms. The normalized spacial score (nSPS) is 9.78. The lowest BCUT2D eigenvalue weighted by Gasteiger charge is -2.03. The van der Waals surface area contributed by atoms with Gasteiger partial charge in [-0.15, -0.1) is 4.91 Å². The number of rotatable bonds is 3. The van der Waals surface area contributed by atoms with Crippen molar-refractivity contribution in [1.29, 1.82) is 0 Å². The Kier molecular flexibility index (Phi) is 3.29. The fourth-order valence-electron chi connectivity index (χ4n) is 1.41. The highest BCUT2D eigenvalue weighted by Gasteiger charge is 2.08. The van der Waals surface area contributed by atoms with Crippen LogP contribution < -0.4 is 10.7 Å². The third-order valence-corrected chi connectivity index (χ3v) is 2.29. The molecule has 90 valence electrons. The number of benzene rings is 1. The van der Waals surface area contributed by atoms with Crippen LogP contribution in [0.25, 0.3) is 0 Å². The first-order valence-electron chi connectivity index (χ1n) is 5.12. The van der Waals surface area contributed by atoms with E-state index in [1.54, 1.807) is 6.07 Å². The summed E-state index contributed by atoms with van der Waals surface area (Å²) in [6.45, 7) is 0. The van der Waals surface area contributed by atoms with Crippen molar-refractivity contribution in [3.05, 3.63) is 63.4 Å². The third-order valence-electron chi connectivity index (χ3n) is 2.29. The first-order chi connectivity index (χ1) is 8.70. The molecule has 0 spiro atoms. The van der Waals surface area contributed by atoms with Gasteiger partial charge in [0.25, 0.3) is 5.91 Å². The molecule has 0 radical (unpaired) electrons. The fourth-order valence-corrected chi connectivity index (χ4v) is 1.41. The minimum absolute atomic E-state index is 0.145. The number of aromatic nitrogens is 1. The number of nitroso groups, excluding NO2 is 1. The van der Waals surface area contributed by atoms with Crippen molar-refractivity contribution >= 4 is 17.3 Å². The molecule has 2 rings (SSSR count). The number of aromatic amines is 1. The Morgan fingerprint density at radius 2 is 2.11 bits per heavy atom. The van der Waals surface area contributed by atoms with E-state index in [1.165, 1.54) is 36.7 Å². The molecule has 0 aliphatic carbocycles. The number of anilines is 1. The number of H-pyrrole nitrogens is 1. The summed E-state index contributed by atoms with van der Waals surface area (Å²) in [6.07, 6.45) is 2.86. The van der Waals surface area contributed by atoms with Gasteiger partial charge in [0, 0.05) is 24.0 Å². The molecule has 1 heterocycles. The van der Waals surface area contributed by atoms with Gasteiger partial charge in [-0.25, -0.2) is 0 Å². The second kappa shape index (κ2) is 5.05. The van der Waals surface area contributed by atoms with Crippen molar-refractivity contribution < 1.29 is 4.79 Å². The van der Waals surface area contributed by atoms with Crippen LogP contribution in [0.3, 0.4) is 0 Å². The summed E-state index contributed by atoms with van der Waals surface area (Å²) in [5.41, 5.74) is 0.263. The van der Waals surface area contributed by atoms with Crippen LogP contribution in [-0.4, -0.2) is 10.9 Å². The molecule has 1 aromatic heterocycles. The van der Waals surface area contributed by atoms with Crippen molar-refractivity contribution in [2.24, 2.45) is 5.18 Å². The van der Waals surface area contributed by atoms with Crippen LogP contribution in [0, 0.1) is 4.91 Å². The van der Waals surface area contributed by atoms with E-state index in [1.807, 2.05) is 0 Å². The molecular weight excluding hydrogens is 234 g/mol. The van der Waals surface area contributed by atoms with Gasteiger partial charge in [0.2, 0.25) is 5.43 Å². The zero-order valence-corrected chi connectivity index (χ0v) is 9.21. The molecule has 0 unspecified atom stereocenters. The minimum atomic E-state index is -0.475. The van der Waals surface area contributed by atoms with Crippen LogP contribution in [0.5, 0.6) is 0 Å². The van der Waals surface area contributed by atoms with Crippen LogP contribution in [0.1, 0.15) is 10.4 Å². The molecule has 0 saturated carbocycles. The van der Waals surface area contributed by atoms with E-state index in [4.69, 9.17) is 0 Å². The number of nitrogens with one attached hydrogen (secondary N) is 2. The Balaban J connectivity index is 2.25. The van der Waals surface area contributed by atoms with Crippen molar-refractivity contribution in [2.45, 2.75) is 0 Å². The number of hydrogen-bond donors (Lipinski definition) is 2. The first kappa shape index (κ1) is 11.7. The van der Waals surface area contributed by atoms with Crippen LogP contribution >= 0.6 is 0 Å². The smallest absolute Gasteiger partial charge is 0.255 e. The molecule has 0 saturated heterocycles. The second-order valence-corrected chi connectivity index (χ2v) is 3.52. The maximum atomic E-state index is 11.8. The Bertz CT molecular complexity index is 649. The van der Waals surface area contributed by atoms with E-state index in [2.05, 4.69) is 15.5 Å². The van der Waals surface area contributed by atoms with Crippen molar-refractivity contribution in [1.82, 2.24) is 4.98 Å². The standard InChI is InChI=1S/C12H9N3O3/c16-11-4-5-13-7-10(11)14-12(17)8-2-1-3-9(6-8)15-18/h1-7H,(H,13,16)(H,14,17). The molecule has 0 aliphatic rings. The zero-order chi connectivity index (χ0) is 13.0. The molecular formula is C12H9N3O3. The van der Waals surface area contributed by atoms with Gasteiger partial charge in [0.1, 0.15) is 11.4 Å². The van der Waals surface area contributed by atoms with Gasteiger partial charge in [-0.2, -0.15) is 0 Å². The predicted molar refractivity (Wildman–Crippen MR) is 66.9 cm³/mol. The van der Waals surface area contributed by atoms with Crippen LogP contribution in [0.4, 0.5) is 11.4 Å². The van der Waals surface area contributed by atoms with Gasteiger partial charge in [-0.3, -0.25) is 9.59 Å².